The van der Waals surface area contributed by atoms with E-state index in [4.69, 9.17) is 14.2 Å². The van der Waals surface area contributed by atoms with Crippen LogP contribution in [-0.2, 0) is 4.74 Å². The highest BCUT2D eigenvalue weighted by atomic mass is 16.6. The van der Waals surface area contributed by atoms with Gasteiger partial charge in [-0.15, -0.1) is 0 Å². The molecule has 0 aliphatic carbocycles. The van der Waals surface area contributed by atoms with E-state index in [1.54, 1.807) is 7.11 Å². The number of hydrogen-bond acceptors (Lipinski definition) is 4. The second-order valence-corrected chi connectivity index (χ2v) is 5.44. The molecule has 4 nitrogen and oxygen atoms in total. The molecule has 1 saturated heterocycles. The van der Waals surface area contributed by atoms with Crippen LogP contribution in [-0.4, -0.2) is 44.9 Å². The van der Waals surface area contributed by atoms with Crippen molar-refractivity contribution in [2.24, 2.45) is 0 Å². The van der Waals surface area contributed by atoms with Gasteiger partial charge in [0.05, 0.1) is 0 Å². The van der Waals surface area contributed by atoms with Crippen LogP contribution in [0.4, 0.5) is 0 Å². The van der Waals surface area contributed by atoms with Crippen molar-refractivity contribution in [2.45, 2.75) is 25.3 Å². The molecule has 1 aromatic carbocycles. The standard InChI is InChI=1S/C16H23NO3/c1-18-9-3-8-17-7-2-4-14(17)13-5-6-15-16(12-13)20-11-10-19-15/h5-6,12,14H,2-4,7-11H2,1H3/t14-/m0/s1. The number of methoxy groups -OCH3 is 1. The fraction of sp³-hybridized carbons (Fsp3) is 0.625. The summed E-state index contributed by atoms with van der Waals surface area (Å²) in [6, 6.07) is 6.92. The molecular formula is C16H23NO3. The van der Waals surface area contributed by atoms with Gasteiger partial charge in [0.1, 0.15) is 13.2 Å². The van der Waals surface area contributed by atoms with Crippen molar-refractivity contribution in [3.63, 3.8) is 0 Å². The minimum Gasteiger partial charge on any atom is -0.486 e. The van der Waals surface area contributed by atoms with Gasteiger partial charge >= 0.3 is 0 Å². The van der Waals surface area contributed by atoms with Crippen molar-refractivity contribution < 1.29 is 14.2 Å². The van der Waals surface area contributed by atoms with Gasteiger partial charge in [-0.25, -0.2) is 0 Å². The van der Waals surface area contributed by atoms with Crippen molar-refractivity contribution in [3.05, 3.63) is 23.8 Å². The van der Waals surface area contributed by atoms with Gasteiger partial charge in [-0.3, -0.25) is 4.90 Å². The minimum absolute atomic E-state index is 0.516. The molecule has 0 N–H and O–H groups in total. The minimum atomic E-state index is 0.516. The monoisotopic (exact) mass is 277 g/mol. The maximum absolute atomic E-state index is 5.69. The molecule has 4 heteroatoms. The molecule has 0 spiro atoms. The molecule has 110 valence electrons. The van der Waals surface area contributed by atoms with Crippen molar-refractivity contribution in [2.75, 3.05) is 40.0 Å². The van der Waals surface area contributed by atoms with Gasteiger partial charge in [-0.2, -0.15) is 0 Å². The number of ether oxygens (including phenoxy) is 3. The van der Waals surface area contributed by atoms with Crippen molar-refractivity contribution in [1.29, 1.82) is 0 Å². The zero-order chi connectivity index (χ0) is 13.8. The maximum Gasteiger partial charge on any atom is 0.161 e. The third-order valence-electron chi connectivity index (χ3n) is 4.11. The summed E-state index contributed by atoms with van der Waals surface area (Å²) in [4.78, 5) is 2.56. The summed E-state index contributed by atoms with van der Waals surface area (Å²) in [6.45, 7) is 4.43. The van der Waals surface area contributed by atoms with Crippen molar-refractivity contribution >= 4 is 0 Å². The molecule has 0 unspecified atom stereocenters. The quantitative estimate of drug-likeness (QED) is 0.774. The highest BCUT2D eigenvalue weighted by molar-refractivity contribution is 5.44. The van der Waals surface area contributed by atoms with E-state index in [-0.39, 0.29) is 0 Å². The Morgan fingerprint density at radius 1 is 1.25 bits per heavy atom. The average molecular weight is 277 g/mol. The number of rotatable bonds is 5. The first-order valence-electron chi connectivity index (χ1n) is 7.51. The zero-order valence-corrected chi connectivity index (χ0v) is 12.1. The lowest BCUT2D eigenvalue weighted by atomic mass is 10.0. The van der Waals surface area contributed by atoms with Gasteiger partial charge in [0.2, 0.25) is 0 Å². The topological polar surface area (TPSA) is 30.9 Å². The molecule has 0 radical (unpaired) electrons. The molecule has 0 bridgehead atoms. The summed E-state index contributed by atoms with van der Waals surface area (Å²) < 4.78 is 16.4. The summed E-state index contributed by atoms with van der Waals surface area (Å²) in [7, 11) is 1.77. The number of benzene rings is 1. The van der Waals surface area contributed by atoms with Gasteiger partial charge in [0.25, 0.3) is 0 Å². The van der Waals surface area contributed by atoms with Crippen LogP contribution >= 0.6 is 0 Å². The van der Waals surface area contributed by atoms with E-state index >= 15 is 0 Å². The first kappa shape index (κ1) is 13.7. The SMILES string of the molecule is COCCCN1CCC[C@H]1c1ccc2c(c1)OCCO2. The van der Waals surface area contributed by atoms with Crippen LogP contribution in [0.15, 0.2) is 18.2 Å². The second-order valence-electron chi connectivity index (χ2n) is 5.44. The lowest BCUT2D eigenvalue weighted by Gasteiger charge is -2.26. The first-order chi connectivity index (χ1) is 9.88. The van der Waals surface area contributed by atoms with Crippen LogP contribution in [0.25, 0.3) is 0 Å². The smallest absolute Gasteiger partial charge is 0.161 e. The zero-order valence-electron chi connectivity index (χ0n) is 12.1. The molecule has 20 heavy (non-hydrogen) atoms. The summed E-state index contributed by atoms with van der Waals surface area (Å²) in [5.41, 5.74) is 1.35. The molecule has 2 heterocycles. The third kappa shape index (κ3) is 2.91. The van der Waals surface area contributed by atoms with E-state index in [9.17, 15) is 0 Å². The number of fused-ring (bicyclic) bond motifs is 1. The fourth-order valence-corrected chi connectivity index (χ4v) is 3.15. The molecule has 2 aliphatic rings. The van der Waals surface area contributed by atoms with Crippen LogP contribution in [0.1, 0.15) is 30.9 Å². The molecule has 0 saturated carbocycles. The number of nitrogens with zero attached hydrogens (tertiary/aromatic N) is 1. The van der Waals surface area contributed by atoms with Crippen LogP contribution in [0, 0.1) is 0 Å². The molecule has 0 amide bonds. The highest BCUT2D eigenvalue weighted by Crippen LogP contribution is 2.37. The van der Waals surface area contributed by atoms with Crippen molar-refractivity contribution in [3.8, 4) is 11.5 Å². The van der Waals surface area contributed by atoms with Crippen LogP contribution in [0.5, 0.6) is 11.5 Å². The van der Waals surface area contributed by atoms with Crippen LogP contribution in [0.3, 0.4) is 0 Å². The largest absolute Gasteiger partial charge is 0.486 e. The van der Waals surface area contributed by atoms with E-state index < -0.39 is 0 Å². The lowest BCUT2D eigenvalue weighted by Crippen LogP contribution is -2.25. The molecule has 3 rings (SSSR count). The van der Waals surface area contributed by atoms with Crippen LogP contribution < -0.4 is 9.47 Å². The Balaban J connectivity index is 1.70. The molecule has 1 aromatic rings. The molecular weight excluding hydrogens is 254 g/mol. The molecule has 0 aromatic heterocycles. The Bertz CT molecular complexity index is 449. The van der Waals surface area contributed by atoms with E-state index in [2.05, 4.69) is 23.1 Å². The molecule has 1 fully saturated rings. The van der Waals surface area contributed by atoms with E-state index in [0.717, 1.165) is 31.1 Å². The van der Waals surface area contributed by atoms with Gasteiger partial charge in [0.15, 0.2) is 11.5 Å². The Morgan fingerprint density at radius 2 is 2.10 bits per heavy atom. The number of likely N-dealkylation sites (tertiary alicyclic amines) is 1. The Kier molecular flexibility index (Phi) is 4.43. The maximum atomic E-state index is 5.69. The Hall–Kier alpha value is -1.26. The predicted molar refractivity (Wildman–Crippen MR) is 77.5 cm³/mol. The van der Waals surface area contributed by atoms with Gasteiger partial charge in [-0.05, 0) is 43.5 Å². The van der Waals surface area contributed by atoms with E-state index in [1.165, 1.54) is 24.9 Å². The second kappa shape index (κ2) is 6.46. The first-order valence-corrected chi connectivity index (χ1v) is 7.51. The summed E-state index contributed by atoms with van der Waals surface area (Å²) >= 11 is 0. The summed E-state index contributed by atoms with van der Waals surface area (Å²) in [5.74, 6) is 1.78. The third-order valence-corrected chi connectivity index (χ3v) is 4.11. The van der Waals surface area contributed by atoms with Gasteiger partial charge in [-0.1, -0.05) is 6.07 Å². The molecule has 2 aliphatic heterocycles. The van der Waals surface area contributed by atoms with Crippen molar-refractivity contribution in [1.82, 2.24) is 4.90 Å². The fourth-order valence-electron chi connectivity index (χ4n) is 3.15. The number of hydrogen-bond donors (Lipinski definition) is 0. The summed E-state index contributed by atoms with van der Waals surface area (Å²) in [5, 5.41) is 0. The predicted octanol–water partition coefficient (Wildman–Crippen LogP) is 2.63. The highest BCUT2D eigenvalue weighted by Gasteiger charge is 2.26. The van der Waals surface area contributed by atoms with Gasteiger partial charge < -0.3 is 14.2 Å². The van der Waals surface area contributed by atoms with E-state index in [0.29, 0.717) is 19.3 Å². The summed E-state index contributed by atoms with van der Waals surface area (Å²) in [6.07, 6.45) is 3.59. The average Bonchev–Trinajstić information content (AvgIpc) is 2.95. The van der Waals surface area contributed by atoms with Gasteiger partial charge in [0, 0.05) is 26.3 Å². The molecule has 1 atom stereocenters. The Labute approximate surface area is 120 Å². The Morgan fingerprint density at radius 3 is 2.95 bits per heavy atom. The van der Waals surface area contributed by atoms with Crippen LogP contribution in [0.2, 0.25) is 0 Å². The normalized spacial score (nSPS) is 22.1. The van der Waals surface area contributed by atoms with E-state index in [1.807, 2.05) is 0 Å². The lowest BCUT2D eigenvalue weighted by molar-refractivity contribution is 0.164.